The van der Waals surface area contributed by atoms with Crippen molar-refractivity contribution in [2.45, 2.75) is 58.5 Å². The summed E-state index contributed by atoms with van der Waals surface area (Å²) in [5, 5.41) is 2.44. The van der Waals surface area contributed by atoms with E-state index in [9.17, 15) is 22.8 Å². The number of sulfonamides is 1. The van der Waals surface area contributed by atoms with Crippen molar-refractivity contribution in [3.63, 3.8) is 0 Å². The molecule has 2 amide bonds. The summed E-state index contributed by atoms with van der Waals surface area (Å²) in [6.07, 6.45) is 5.20. The zero-order chi connectivity index (χ0) is 25.7. The first-order valence-electron chi connectivity index (χ1n) is 11.8. The molecule has 0 spiro atoms. The van der Waals surface area contributed by atoms with Gasteiger partial charge < -0.3 is 10.1 Å². The zero-order valence-corrected chi connectivity index (χ0v) is 21.0. The SMILES string of the molecule is CCCC(CCC)OC(=O)CNC(=O)c1ccc(C(=O)NS(=O)(=O)CCCc2ccccc2)cn1. The van der Waals surface area contributed by atoms with Gasteiger partial charge in [0.2, 0.25) is 10.0 Å². The fourth-order valence-electron chi connectivity index (χ4n) is 3.40. The van der Waals surface area contributed by atoms with E-state index in [2.05, 4.69) is 10.3 Å². The van der Waals surface area contributed by atoms with Crippen LogP contribution in [0.5, 0.6) is 0 Å². The molecule has 0 radical (unpaired) electrons. The first kappa shape index (κ1) is 28.0. The number of benzene rings is 1. The van der Waals surface area contributed by atoms with Crippen LogP contribution in [0.15, 0.2) is 48.7 Å². The van der Waals surface area contributed by atoms with Gasteiger partial charge in [-0.2, -0.15) is 0 Å². The maximum atomic E-state index is 12.3. The lowest BCUT2D eigenvalue weighted by atomic mass is 10.1. The maximum Gasteiger partial charge on any atom is 0.325 e. The molecular formula is C25H33N3O6S. The normalized spacial score (nSPS) is 11.2. The first-order valence-corrected chi connectivity index (χ1v) is 13.4. The van der Waals surface area contributed by atoms with E-state index < -0.39 is 27.8 Å². The number of pyridine rings is 1. The summed E-state index contributed by atoms with van der Waals surface area (Å²) in [5.41, 5.74) is 0.996. The lowest BCUT2D eigenvalue weighted by Gasteiger charge is -2.16. The summed E-state index contributed by atoms with van der Waals surface area (Å²) >= 11 is 0. The number of carbonyl (C=O) groups excluding carboxylic acids is 3. The minimum absolute atomic E-state index is 0.00503. The Balaban J connectivity index is 1.82. The predicted molar refractivity (Wildman–Crippen MR) is 132 cm³/mol. The average molecular weight is 504 g/mol. The molecule has 2 rings (SSSR count). The summed E-state index contributed by atoms with van der Waals surface area (Å²) in [5.74, 6) is -2.16. The van der Waals surface area contributed by atoms with E-state index in [-0.39, 0.29) is 29.7 Å². The number of ether oxygens (including phenoxy) is 1. The number of nitrogens with one attached hydrogen (secondary N) is 2. The van der Waals surface area contributed by atoms with E-state index in [1.807, 2.05) is 48.9 Å². The Morgan fingerprint density at radius 1 is 0.971 bits per heavy atom. The molecule has 0 aliphatic rings. The second-order valence-electron chi connectivity index (χ2n) is 8.14. The van der Waals surface area contributed by atoms with Crippen molar-refractivity contribution in [3.05, 3.63) is 65.5 Å². The Morgan fingerprint density at radius 3 is 2.26 bits per heavy atom. The fraction of sp³-hybridized carbons (Fsp3) is 0.440. The molecule has 0 aliphatic heterocycles. The van der Waals surface area contributed by atoms with Crippen molar-refractivity contribution in [1.82, 2.24) is 15.0 Å². The van der Waals surface area contributed by atoms with E-state index in [0.717, 1.165) is 37.4 Å². The van der Waals surface area contributed by atoms with Gasteiger partial charge in [-0.05, 0) is 43.4 Å². The number of carbonyl (C=O) groups is 3. The average Bonchev–Trinajstić information content (AvgIpc) is 2.83. The number of aromatic nitrogens is 1. The monoisotopic (exact) mass is 503 g/mol. The van der Waals surface area contributed by atoms with Gasteiger partial charge >= 0.3 is 5.97 Å². The summed E-state index contributed by atoms with van der Waals surface area (Å²) in [4.78, 5) is 40.5. The van der Waals surface area contributed by atoms with Gasteiger partial charge in [0.25, 0.3) is 11.8 Å². The van der Waals surface area contributed by atoms with Crippen molar-refractivity contribution >= 4 is 27.8 Å². The van der Waals surface area contributed by atoms with Gasteiger partial charge in [-0.15, -0.1) is 0 Å². The molecule has 0 bridgehead atoms. The van der Waals surface area contributed by atoms with Crippen molar-refractivity contribution in [2.24, 2.45) is 0 Å². The van der Waals surface area contributed by atoms with Crippen LogP contribution < -0.4 is 10.0 Å². The molecule has 0 aliphatic carbocycles. The summed E-state index contributed by atoms with van der Waals surface area (Å²) in [6.45, 7) is 3.72. The molecule has 1 aromatic heterocycles. The number of esters is 1. The Bertz CT molecular complexity index is 1070. The molecule has 0 atom stereocenters. The molecule has 10 heteroatoms. The van der Waals surface area contributed by atoms with Gasteiger partial charge in [0.1, 0.15) is 18.3 Å². The van der Waals surface area contributed by atoms with Crippen molar-refractivity contribution in [3.8, 4) is 0 Å². The molecule has 1 heterocycles. The third-order valence-corrected chi connectivity index (χ3v) is 6.46. The Kier molecular flexibility index (Phi) is 11.4. The van der Waals surface area contributed by atoms with Gasteiger partial charge in [0.15, 0.2) is 0 Å². The minimum atomic E-state index is -3.82. The second kappa shape index (κ2) is 14.2. The standard InChI is InChI=1S/C25H33N3O6S/c1-3-9-21(10-4-2)34-23(29)18-27-25(31)22-15-14-20(17-26-22)24(30)28-35(32,33)16-8-13-19-11-6-5-7-12-19/h5-7,11-12,14-15,17,21H,3-4,8-10,13,16,18H2,1-2H3,(H,27,31)(H,28,30). The van der Waals surface area contributed by atoms with Crippen LogP contribution in [0, 0.1) is 0 Å². The molecular weight excluding hydrogens is 470 g/mol. The summed E-state index contributed by atoms with van der Waals surface area (Å²) in [6, 6.07) is 12.0. The maximum absolute atomic E-state index is 12.3. The molecule has 9 nitrogen and oxygen atoms in total. The Morgan fingerprint density at radius 2 is 1.66 bits per heavy atom. The lowest BCUT2D eigenvalue weighted by molar-refractivity contribution is -0.148. The zero-order valence-electron chi connectivity index (χ0n) is 20.2. The highest BCUT2D eigenvalue weighted by atomic mass is 32.2. The van der Waals surface area contributed by atoms with E-state index in [1.54, 1.807) is 0 Å². The largest absolute Gasteiger partial charge is 0.461 e. The molecule has 35 heavy (non-hydrogen) atoms. The second-order valence-corrected chi connectivity index (χ2v) is 9.99. The first-order chi connectivity index (χ1) is 16.7. The van der Waals surface area contributed by atoms with Gasteiger partial charge in [-0.1, -0.05) is 57.0 Å². The van der Waals surface area contributed by atoms with E-state index in [4.69, 9.17) is 4.74 Å². The van der Waals surface area contributed by atoms with Crippen LogP contribution >= 0.6 is 0 Å². The topological polar surface area (TPSA) is 132 Å². The van der Waals surface area contributed by atoms with Gasteiger partial charge in [0.05, 0.1) is 11.3 Å². The van der Waals surface area contributed by atoms with Crippen LogP contribution in [0.2, 0.25) is 0 Å². The molecule has 1 aromatic carbocycles. The molecule has 2 N–H and O–H groups in total. The molecule has 0 saturated heterocycles. The lowest BCUT2D eigenvalue weighted by Crippen LogP contribution is -2.34. The molecule has 0 fully saturated rings. The molecule has 0 saturated carbocycles. The highest BCUT2D eigenvalue weighted by Gasteiger charge is 2.18. The van der Waals surface area contributed by atoms with Crippen LogP contribution in [0.3, 0.4) is 0 Å². The van der Waals surface area contributed by atoms with Gasteiger partial charge in [-0.3, -0.25) is 19.4 Å². The molecule has 0 unspecified atom stereocenters. The van der Waals surface area contributed by atoms with Crippen LogP contribution in [0.25, 0.3) is 0 Å². The highest BCUT2D eigenvalue weighted by molar-refractivity contribution is 7.90. The number of amides is 2. The Labute approximate surface area is 206 Å². The summed E-state index contributed by atoms with van der Waals surface area (Å²) < 4.78 is 31.9. The quantitative estimate of drug-likeness (QED) is 0.379. The number of hydrogen-bond donors (Lipinski definition) is 2. The number of hydrogen-bond acceptors (Lipinski definition) is 7. The van der Waals surface area contributed by atoms with Crippen LogP contribution in [-0.4, -0.2) is 49.6 Å². The van der Waals surface area contributed by atoms with E-state index in [0.29, 0.717) is 12.8 Å². The molecule has 190 valence electrons. The summed E-state index contributed by atoms with van der Waals surface area (Å²) in [7, 11) is -3.82. The van der Waals surface area contributed by atoms with E-state index >= 15 is 0 Å². The number of aryl methyl sites for hydroxylation is 1. The van der Waals surface area contributed by atoms with Gasteiger partial charge in [-0.25, -0.2) is 13.1 Å². The van der Waals surface area contributed by atoms with Gasteiger partial charge in [0, 0.05) is 6.20 Å². The van der Waals surface area contributed by atoms with Crippen LogP contribution in [0.1, 0.15) is 72.4 Å². The third-order valence-electron chi connectivity index (χ3n) is 5.14. The highest BCUT2D eigenvalue weighted by Crippen LogP contribution is 2.09. The minimum Gasteiger partial charge on any atom is -0.461 e. The van der Waals surface area contributed by atoms with Crippen LogP contribution in [-0.2, 0) is 26.0 Å². The fourth-order valence-corrected chi connectivity index (χ4v) is 4.43. The van der Waals surface area contributed by atoms with Crippen molar-refractivity contribution in [1.29, 1.82) is 0 Å². The Hall–Kier alpha value is -3.27. The van der Waals surface area contributed by atoms with Crippen LogP contribution in [0.4, 0.5) is 0 Å². The number of nitrogens with zero attached hydrogens (tertiary/aromatic N) is 1. The van der Waals surface area contributed by atoms with Crippen molar-refractivity contribution < 1.29 is 27.5 Å². The number of rotatable bonds is 14. The van der Waals surface area contributed by atoms with Crippen molar-refractivity contribution in [2.75, 3.05) is 12.3 Å². The predicted octanol–water partition coefficient (Wildman–Crippen LogP) is 3.02. The molecule has 2 aromatic rings. The third kappa shape index (κ3) is 10.3. The smallest absolute Gasteiger partial charge is 0.325 e. The van der Waals surface area contributed by atoms with E-state index in [1.165, 1.54) is 12.1 Å².